The molecular formula is C40H71NO7. The summed E-state index contributed by atoms with van der Waals surface area (Å²) in [4.78, 5) is 39.5. The van der Waals surface area contributed by atoms with Crippen LogP contribution in [0.5, 0.6) is 0 Å². The van der Waals surface area contributed by atoms with E-state index < -0.39 is 12.1 Å². The van der Waals surface area contributed by atoms with Crippen molar-refractivity contribution in [1.29, 1.82) is 0 Å². The topological polar surface area (TPSA) is 91.4 Å². The Labute approximate surface area is 294 Å². The van der Waals surface area contributed by atoms with Gasteiger partial charge in [-0.25, -0.2) is 4.79 Å². The SMILES string of the molecule is C=CCC(CC)C(C)CC(=O)OCC(COC(=O)CCCCCCC/C=C\C/C=C\CCCCC)COC(=O)OCCCN(CC)CC. The molecule has 3 unspecified atom stereocenters. The number of hydrogen-bond donors (Lipinski definition) is 0. The summed E-state index contributed by atoms with van der Waals surface area (Å²) in [5.41, 5.74) is 0. The van der Waals surface area contributed by atoms with Crippen LogP contribution in [0.25, 0.3) is 0 Å². The Balaban J connectivity index is 4.50. The van der Waals surface area contributed by atoms with Gasteiger partial charge in [-0.2, -0.15) is 0 Å². The molecule has 0 saturated heterocycles. The second kappa shape index (κ2) is 32.9. The zero-order chi connectivity index (χ0) is 35.7. The van der Waals surface area contributed by atoms with Crippen molar-refractivity contribution in [2.75, 3.05) is 46.1 Å². The van der Waals surface area contributed by atoms with Crippen molar-refractivity contribution in [1.82, 2.24) is 4.90 Å². The highest BCUT2D eigenvalue weighted by Gasteiger charge is 2.21. The van der Waals surface area contributed by atoms with Crippen LogP contribution in [0.4, 0.5) is 4.79 Å². The number of esters is 2. The first kappa shape index (κ1) is 45.4. The molecule has 0 aliphatic rings. The number of allylic oxidation sites excluding steroid dienone is 5. The van der Waals surface area contributed by atoms with E-state index in [0.29, 0.717) is 25.2 Å². The van der Waals surface area contributed by atoms with Crippen molar-refractivity contribution in [3.8, 4) is 0 Å². The van der Waals surface area contributed by atoms with Crippen molar-refractivity contribution >= 4 is 18.1 Å². The molecule has 3 atom stereocenters. The second-order valence-corrected chi connectivity index (χ2v) is 12.9. The molecule has 0 aromatic rings. The van der Waals surface area contributed by atoms with Gasteiger partial charge in [-0.3, -0.25) is 9.59 Å². The molecule has 0 aromatic carbocycles. The summed E-state index contributed by atoms with van der Waals surface area (Å²) in [6, 6.07) is 0. The first-order valence-corrected chi connectivity index (χ1v) is 19.0. The van der Waals surface area contributed by atoms with Crippen molar-refractivity contribution in [2.24, 2.45) is 17.8 Å². The molecule has 8 heteroatoms. The molecule has 0 aromatic heterocycles. The quantitative estimate of drug-likeness (QED) is 0.0301. The standard InChI is InChI=1S/C40H71NO7/c1-7-12-13-14-15-16-17-18-19-20-21-22-23-24-25-28-38(42)46-32-36(33-47-39(43)31-35(6)37(9-3)27-8-2)34-48-40(44)45-30-26-29-41(10-4)11-5/h8,15-16,18-19,35-37H,2,7,9-14,17,20-34H2,1,3-6H3/b16-15-,19-18-. The lowest BCUT2D eigenvalue weighted by atomic mass is 9.86. The molecule has 0 amide bonds. The Bertz CT molecular complexity index is 868. The molecule has 8 nitrogen and oxygen atoms in total. The van der Waals surface area contributed by atoms with Gasteiger partial charge in [0, 0.05) is 19.4 Å². The molecule has 48 heavy (non-hydrogen) atoms. The van der Waals surface area contributed by atoms with E-state index in [1.54, 1.807) is 0 Å². The van der Waals surface area contributed by atoms with Gasteiger partial charge in [-0.1, -0.05) is 104 Å². The third-order valence-electron chi connectivity index (χ3n) is 8.75. The monoisotopic (exact) mass is 678 g/mol. The van der Waals surface area contributed by atoms with Crippen LogP contribution in [-0.4, -0.2) is 69.1 Å². The lowest BCUT2D eigenvalue weighted by molar-refractivity contribution is -0.150. The van der Waals surface area contributed by atoms with Crippen LogP contribution < -0.4 is 0 Å². The minimum absolute atomic E-state index is 0.00395. The van der Waals surface area contributed by atoms with E-state index in [4.69, 9.17) is 18.9 Å². The number of carbonyl (C=O) groups is 3. The van der Waals surface area contributed by atoms with E-state index in [1.165, 1.54) is 25.7 Å². The number of carbonyl (C=O) groups excluding carboxylic acids is 3. The maximum atomic E-state index is 12.6. The molecule has 0 spiro atoms. The maximum absolute atomic E-state index is 12.6. The fourth-order valence-electron chi connectivity index (χ4n) is 5.43. The van der Waals surface area contributed by atoms with Gasteiger partial charge in [-0.15, -0.1) is 6.58 Å². The van der Waals surface area contributed by atoms with E-state index in [2.05, 4.69) is 63.5 Å². The summed E-state index contributed by atoms with van der Waals surface area (Å²) in [6.45, 7) is 17.3. The molecule has 0 fully saturated rings. The Morgan fingerprint density at radius 2 is 1.31 bits per heavy atom. The molecular weight excluding hydrogens is 606 g/mol. The van der Waals surface area contributed by atoms with E-state index in [0.717, 1.165) is 77.4 Å². The van der Waals surface area contributed by atoms with E-state index in [9.17, 15) is 14.4 Å². The largest absolute Gasteiger partial charge is 0.508 e. The second-order valence-electron chi connectivity index (χ2n) is 12.9. The van der Waals surface area contributed by atoms with E-state index >= 15 is 0 Å². The lowest BCUT2D eigenvalue weighted by Crippen LogP contribution is -2.28. The van der Waals surface area contributed by atoms with Crippen LogP contribution in [-0.2, 0) is 28.5 Å². The van der Waals surface area contributed by atoms with Crippen molar-refractivity contribution < 1.29 is 33.3 Å². The highest BCUT2D eigenvalue weighted by molar-refractivity contribution is 5.70. The molecule has 0 aliphatic carbocycles. The molecule has 0 heterocycles. The summed E-state index contributed by atoms with van der Waals surface area (Å²) in [7, 11) is 0. The van der Waals surface area contributed by atoms with Gasteiger partial charge in [0.1, 0.15) is 19.8 Å². The van der Waals surface area contributed by atoms with Crippen molar-refractivity contribution in [3.63, 3.8) is 0 Å². The Kier molecular flexibility index (Phi) is 31.1. The normalized spacial score (nSPS) is 13.5. The highest BCUT2D eigenvalue weighted by Crippen LogP contribution is 2.23. The summed E-state index contributed by atoms with van der Waals surface area (Å²) < 4.78 is 21.6. The number of rotatable bonds is 32. The van der Waals surface area contributed by atoms with Crippen molar-refractivity contribution in [2.45, 2.75) is 137 Å². The van der Waals surface area contributed by atoms with Gasteiger partial charge in [0.25, 0.3) is 0 Å². The highest BCUT2D eigenvalue weighted by atomic mass is 16.7. The molecule has 0 rings (SSSR count). The third kappa shape index (κ3) is 27.4. The minimum atomic E-state index is -0.772. The maximum Gasteiger partial charge on any atom is 0.508 e. The van der Waals surface area contributed by atoms with Crippen molar-refractivity contribution in [3.05, 3.63) is 37.0 Å². The molecule has 0 saturated carbocycles. The van der Waals surface area contributed by atoms with E-state index in [1.807, 2.05) is 13.0 Å². The molecule has 0 bridgehead atoms. The smallest absolute Gasteiger partial charge is 0.465 e. The van der Waals surface area contributed by atoms with Gasteiger partial charge >= 0.3 is 18.1 Å². The average molecular weight is 678 g/mol. The average Bonchev–Trinajstić information content (AvgIpc) is 3.08. The predicted molar refractivity (Wildman–Crippen MR) is 197 cm³/mol. The van der Waals surface area contributed by atoms with Crippen LogP contribution in [0.15, 0.2) is 37.0 Å². The van der Waals surface area contributed by atoms with Crippen LogP contribution >= 0.6 is 0 Å². The fourth-order valence-corrected chi connectivity index (χ4v) is 5.43. The number of nitrogens with zero attached hydrogens (tertiary/aromatic N) is 1. The zero-order valence-corrected chi connectivity index (χ0v) is 31.4. The molecule has 0 N–H and O–H groups in total. The first-order chi connectivity index (χ1) is 23.3. The summed E-state index contributed by atoms with van der Waals surface area (Å²) >= 11 is 0. The summed E-state index contributed by atoms with van der Waals surface area (Å²) in [6.07, 6.45) is 25.6. The van der Waals surface area contributed by atoms with Crippen LogP contribution in [0, 0.1) is 17.8 Å². The Hall–Kier alpha value is -2.61. The zero-order valence-electron chi connectivity index (χ0n) is 31.4. The number of ether oxygens (including phenoxy) is 4. The van der Waals surface area contributed by atoms with E-state index in [-0.39, 0.29) is 44.3 Å². The Morgan fingerprint density at radius 3 is 1.94 bits per heavy atom. The third-order valence-corrected chi connectivity index (χ3v) is 8.75. The lowest BCUT2D eigenvalue weighted by Gasteiger charge is -2.21. The minimum Gasteiger partial charge on any atom is -0.465 e. The van der Waals surface area contributed by atoms with Crippen LogP contribution in [0.2, 0.25) is 0 Å². The predicted octanol–water partition coefficient (Wildman–Crippen LogP) is 10.0. The molecule has 0 radical (unpaired) electrons. The Morgan fingerprint density at radius 1 is 0.708 bits per heavy atom. The summed E-state index contributed by atoms with van der Waals surface area (Å²) in [5, 5.41) is 0. The fraction of sp³-hybridized carbons (Fsp3) is 0.775. The summed E-state index contributed by atoms with van der Waals surface area (Å²) in [5.74, 6) is -0.564. The van der Waals surface area contributed by atoms with Gasteiger partial charge in [-0.05, 0) is 76.3 Å². The van der Waals surface area contributed by atoms with Gasteiger partial charge < -0.3 is 23.8 Å². The number of hydrogen-bond acceptors (Lipinski definition) is 8. The van der Waals surface area contributed by atoms with Crippen LogP contribution in [0.1, 0.15) is 137 Å². The van der Waals surface area contributed by atoms with Gasteiger partial charge in [0.2, 0.25) is 0 Å². The first-order valence-electron chi connectivity index (χ1n) is 19.0. The van der Waals surface area contributed by atoms with Gasteiger partial charge in [0.05, 0.1) is 12.5 Å². The van der Waals surface area contributed by atoms with Crippen LogP contribution in [0.3, 0.4) is 0 Å². The van der Waals surface area contributed by atoms with Gasteiger partial charge in [0.15, 0.2) is 0 Å². The molecule has 278 valence electrons. The number of unbranched alkanes of at least 4 members (excludes halogenated alkanes) is 8. The molecule has 0 aliphatic heterocycles.